The van der Waals surface area contributed by atoms with Gasteiger partial charge in [-0.3, -0.25) is 0 Å². The molecule has 9 heteroatoms. The quantitative estimate of drug-likeness (QED) is 0.630. The summed E-state index contributed by atoms with van der Waals surface area (Å²) in [6, 6.07) is 0. The molecule has 1 heterocycles. The van der Waals surface area contributed by atoms with Crippen LogP contribution in [0.1, 0.15) is 13.3 Å². The Bertz CT molecular complexity index is 494. The minimum absolute atomic E-state index is 0.0781. The van der Waals surface area contributed by atoms with Gasteiger partial charge in [-0.2, -0.15) is 0 Å². The molecule has 0 spiro atoms. The fourth-order valence-corrected chi connectivity index (χ4v) is 1.96. The van der Waals surface area contributed by atoms with Gasteiger partial charge in [-0.1, -0.05) is 11.6 Å². The molecule has 0 atom stereocenters. The number of sulfonamides is 1. The summed E-state index contributed by atoms with van der Waals surface area (Å²) >= 11 is 5.88. The third-order valence-electron chi connectivity index (χ3n) is 2.16. The number of nitrogens with one attached hydrogen (secondary N) is 2. The molecule has 0 amide bonds. The van der Waals surface area contributed by atoms with Gasteiger partial charge in [-0.25, -0.2) is 23.1 Å². The Morgan fingerprint density at radius 2 is 2.11 bits per heavy atom. The maximum absolute atomic E-state index is 11.1. The Balaban J connectivity index is 2.33. The third-order valence-corrected chi connectivity index (χ3v) is 3.94. The number of anilines is 2. The number of nitrogen functional groups attached to an aromatic ring is 1. The molecule has 1 aromatic rings. The normalized spacial score (nSPS) is 11.4. The predicted octanol–water partition coefficient (Wildman–Crippen LogP) is 0.453. The van der Waals surface area contributed by atoms with E-state index in [0.29, 0.717) is 25.3 Å². The molecular weight excluding hydrogens is 278 g/mol. The Kier molecular flexibility index (Phi) is 5.57. The molecule has 0 saturated heterocycles. The fraction of sp³-hybridized carbons (Fsp3) is 0.556. The van der Waals surface area contributed by atoms with E-state index < -0.39 is 10.0 Å². The summed E-state index contributed by atoms with van der Waals surface area (Å²) < 4.78 is 24.7. The Hall–Kier alpha value is -1.12. The van der Waals surface area contributed by atoms with Crippen molar-refractivity contribution >= 4 is 33.3 Å². The minimum Gasteiger partial charge on any atom is -0.382 e. The Morgan fingerprint density at radius 1 is 1.39 bits per heavy atom. The number of hydrogen-bond acceptors (Lipinski definition) is 6. The van der Waals surface area contributed by atoms with Gasteiger partial charge in [0.05, 0.1) is 5.75 Å². The number of nitrogens with zero attached hydrogens (tertiary/aromatic N) is 2. The molecule has 1 aromatic heterocycles. The molecule has 0 unspecified atom stereocenters. The van der Waals surface area contributed by atoms with Crippen molar-refractivity contribution in [2.75, 3.05) is 29.9 Å². The highest BCUT2D eigenvalue weighted by Gasteiger charge is 2.06. The van der Waals surface area contributed by atoms with Crippen LogP contribution in [0.15, 0.2) is 6.33 Å². The van der Waals surface area contributed by atoms with Gasteiger partial charge in [-0.15, -0.1) is 0 Å². The van der Waals surface area contributed by atoms with Crippen molar-refractivity contribution in [3.05, 3.63) is 11.3 Å². The smallest absolute Gasteiger partial charge is 0.211 e. The first-order valence-corrected chi connectivity index (χ1v) is 7.46. The van der Waals surface area contributed by atoms with E-state index in [9.17, 15) is 8.42 Å². The van der Waals surface area contributed by atoms with Crippen molar-refractivity contribution in [1.29, 1.82) is 0 Å². The highest BCUT2D eigenvalue weighted by molar-refractivity contribution is 7.89. The van der Waals surface area contributed by atoms with Gasteiger partial charge in [0.2, 0.25) is 10.0 Å². The van der Waals surface area contributed by atoms with Crippen molar-refractivity contribution in [2.45, 2.75) is 13.3 Å². The number of halogens is 1. The number of rotatable bonds is 7. The van der Waals surface area contributed by atoms with Crippen LogP contribution in [0.3, 0.4) is 0 Å². The standard InChI is InChI=1S/C9H16ClN5O2S/c1-2-18(16,17)15-5-3-4-12-9-7(10)8(11)13-6-14-9/h6,15H,2-5H2,1H3,(H3,11,12,13,14). The molecule has 1 rings (SSSR count). The zero-order chi connectivity index (χ0) is 13.6. The molecular formula is C9H16ClN5O2S. The lowest BCUT2D eigenvalue weighted by Gasteiger charge is -2.08. The number of nitrogens with two attached hydrogens (primary N) is 1. The molecule has 0 aliphatic rings. The van der Waals surface area contributed by atoms with Crippen LogP contribution in [0.5, 0.6) is 0 Å². The van der Waals surface area contributed by atoms with Gasteiger partial charge in [0.15, 0.2) is 0 Å². The zero-order valence-corrected chi connectivity index (χ0v) is 11.6. The summed E-state index contributed by atoms with van der Waals surface area (Å²) in [7, 11) is -3.13. The van der Waals surface area contributed by atoms with Crippen LogP contribution in [0, 0.1) is 0 Å². The largest absolute Gasteiger partial charge is 0.382 e. The Labute approximate surface area is 111 Å². The lowest BCUT2D eigenvalue weighted by molar-refractivity contribution is 0.581. The second kappa shape index (κ2) is 6.72. The van der Waals surface area contributed by atoms with Crippen molar-refractivity contribution in [2.24, 2.45) is 0 Å². The van der Waals surface area contributed by atoms with Crippen LogP contribution in [-0.2, 0) is 10.0 Å². The van der Waals surface area contributed by atoms with Crippen LogP contribution in [0.25, 0.3) is 0 Å². The maximum Gasteiger partial charge on any atom is 0.211 e. The SMILES string of the molecule is CCS(=O)(=O)NCCCNc1ncnc(N)c1Cl. The molecule has 4 N–H and O–H groups in total. The van der Waals surface area contributed by atoms with Crippen molar-refractivity contribution in [1.82, 2.24) is 14.7 Å². The highest BCUT2D eigenvalue weighted by Crippen LogP contribution is 2.22. The average Bonchev–Trinajstić information content (AvgIpc) is 2.34. The van der Waals surface area contributed by atoms with Crippen LogP contribution in [0.4, 0.5) is 11.6 Å². The van der Waals surface area contributed by atoms with Crippen LogP contribution < -0.4 is 15.8 Å². The Morgan fingerprint density at radius 3 is 2.78 bits per heavy atom. The van der Waals surface area contributed by atoms with Gasteiger partial charge < -0.3 is 11.1 Å². The second-order valence-electron chi connectivity index (χ2n) is 3.50. The topological polar surface area (TPSA) is 110 Å². The molecule has 7 nitrogen and oxygen atoms in total. The van der Waals surface area contributed by atoms with Crippen LogP contribution in [-0.4, -0.2) is 37.2 Å². The van der Waals surface area contributed by atoms with Gasteiger partial charge in [0.1, 0.15) is 23.0 Å². The number of hydrogen-bond donors (Lipinski definition) is 3. The second-order valence-corrected chi connectivity index (χ2v) is 5.97. The van der Waals surface area contributed by atoms with Gasteiger partial charge >= 0.3 is 0 Å². The third kappa shape index (κ3) is 4.63. The zero-order valence-electron chi connectivity index (χ0n) is 9.98. The lowest BCUT2D eigenvalue weighted by Crippen LogP contribution is -2.27. The first kappa shape index (κ1) is 14.9. The molecule has 0 bridgehead atoms. The van der Waals surface area contributed by atoms with E-state index in [4.69, 9.17) is 17.3 Å². The van der Waals surface area contributed by atoms with Crippen molar-refractivity contribution in [3.8, 4) is 0 Å². The maximum atomic E-state index is 11.1. The van der Waals surface area contributed by atoms with Crippen molar-refractivity contribution in [3.63, 3.8) is 0 Å². The summed E-state index contributed by atoms with van der Waals surface area (Å²) in [5, 5.41) is 3.23. The monoisotopic (exact) mass is 293 g/mol. The predicted molar refractivity (Wildman–Crippen MR) is 72.0 cm³/mol. The molecule has 0 fully saturated rings. The van der Waals surface area contributed by atoms with E-state index in [-0.39, 0.29) is 16.6 Å². The summed E-state index contributed by atoms with van der Waals surface area (Å²) in [4.78, 5) is 7.66. The summed E-state index contributed by atoms with van der Waals surface area (Å²) in [5.41, 5.74) is 5.51. The van der Waals surface area contributed by atoms with Gasteiger partial charge in [0, 0.05) is 13.1 Å². The molecule has 0 aliphatic heterocycles. The van der Waals surface area contributed by atoms with Gasteiger partial charge in [-0.05, 0) is 13.3 Å². The highest BCUT2D eigenvalue weighted by atomic mass is 35.5. The number of aromatic nitrogens is 2. The van der Waals surface area contributed by atoms with E-state index in [0.717, 1.165) is 0 Å². The molecule has 0 saturated carbocycles. The first-order valence-electron chi connectivity index (χ1n) is 5.43. The first-order chi connectivity index (χ1) is 8.46. The van der Waals surface area contributed by atoms with E-state index in [2.05, 4.69) is 20.0 Å². The molecule has 0 aliphatic carbocycles. The van der Waals surface area contributed by atoms with Gasteiger partial charge in [0.25, 0.3) is 0 Å². The van der Waals surface area contributed by atoms with Crippen molar-refractivity contribution < 1.29 is 8.42 Å². The fourth-order valence-electron chi connectivity index (χ4n) is 1.13. The molecule has 102 valence electrons. The van der Waals surface area contributed by atoms with E-state index in [1.54, 1.807) is 6.92 Å². The van der Waals surface area contributed by atoms with E-state index >= 15 is 0 Å². The molecule has 0 radical (unpaired) electrons. The van der Waals surface area contributed by atoms with E-state index in [1.807, 2.05) is 0 Å². The minimum atomic E-state index is -3.13. The summed E-state index contributed by atoms with van der Waals surface area (Å²) in [5.74, 6) is 0.734. The van der Waals surface area contributed by atoms with Crippen LogP contribution in [0.2, 0.25) is 5.02 Å². The van der Waals surface area contributed by atoms with Crippen LogP contribution >= 0.6 is 11.6 Å². The summed E-state index contributed by atoms with van der Waals surface area (Å²) in [6.45, 7) is 2.48. The summed E-state index contributed by atoms with van der Waals surface area (Å²) in [6.07, 6.45) is 1.92. The lowest BCUT2D eigenvalue weighted by atomic mass is 10.4. The molecule has 18 heavy (non-hydrogen) atoms. The average molecular weight is 294 g/mol. The van der Waals surface area contributed by atoms with E-state index in [1.165, 1.54) is 6.33 Å². The molecule has 0 aromatic carbocycles.